The van der Waals surface area contributed by atoms with Crippen LogP contribution in [-0.4, -0.2) is 18.1 Å². The lowest BCUT2D eigenvalue weighted by Crippen LogP contribution is -1.83. The van der Waals surface area contributed by atoms with E-state index in [-0.39, 0.29) is 5.75 Å². The lowest BCUT2D eigenvalue weighted by Gasteiger charge is -2.02. The van der Waals surface area contributed by atoms with Crippen LogP contribution in [0, 0.1) is 0 Å². The minimum Gasteiger partial charge on any atom is -0.507 e. The number of rotatable bonds is 4. The number of ether oxygens (including phenoxy) is 1. The van der Waals surface area contributed by atoms with Gasteiger partial charge in [0.05, 0.1) is 7.11 Å². The Bertz CT molecular complexity index is 321. The first-order valence-electron chi connectivity index (χ1n) is 4.37. The van der Waals surface area contributed by atoms with Crippen molar-refractivity contribution in [3.63, 3.8) is 0 Å². The average Bonchev–Trinajstić information content (AvgIpc) is 2.21. The molecule has 0 amide bonds. The van der Waals surface area contributed by atoms with E-state index in [1.807, 2.05) is 12.2 Å². The van der Waals surface area contributed by atoms with E-state index in [0.29, 0.717) is 5.88 Å². The molecule has 0 aromatic heterocycles. The van der Waals surface area contributed by atoms with Crippen LogP contribution in [0.25, 0.3) is 6.08 Å². The molecule has 0 heterocycles. The van der Waals surface area contributed by atoms with Gasteiger partial charge in [0.15, 0.2) is 0 Å². The zero-order chi connectivity index (χ0) is 10.4. The van der Waals surface area contributed by atoms with Crippen molar-refractivity contribution in [2.75, 3.05) is 13.0 Å². The maximum atomic E-state index is 9.49. The number of phenolic OH excluding ortho intramolecular Hbond substituents is 1. The lowest BCUT2D eigenvalue weighted by molar-refractivity contribution is 0.412. The van der Waals surface area contributed by atoms with Gasteiger partial charge in [-0.3, -0.25) is 0 Å². The molecular formula is C11H13ClO2. The normalized spacial score (nSPS) is 10.7. The molecule has 1 aromatic rings. The molecule has 0 radical (unpaired) electrons. The first kappa shape index (κ1) is 10.9. The van der Waals surface area contributed by atoms with E-state index < -0.39 is 0 Å². The van der Waals surface area contributed by atoms with E-state index in [1.54, 1.807) is 25.3 Å². The molecule has 0 saturated carbocycles. The molecule has 0 saturated heterocycles. The van der Waals surface area contributed by atoms with Gasteiger partial charge in [-0.2, -0.15) is 0 Å². The third-order valence-corrected chi connectivity index (χ3v) is 2.03. The zero-order valence-corrected chi connectivity index (χ0v) is 8.79. The van der Waals surface area contributed by atoms with Crippen LogP contribution in [0.1, 0.15) is 12.0 Å². The molecule has 1 N–H and O–H groups in total. The number of methoxy groups -OCH3 is 1. The van der Waals surface area contributed by atoms with Crippen LogP contribution < -0.4 is 4.74 Å². The van der Waals surface area contributed by atoms with Gasteiger partial charge in [0.1, 0.15) is 11.5 Å². The summed E-state index contributed by atoms with van der Waals surface area (Å²) in [4.78, 5) is 0. The second kappa shape index (κ2) is 5.55. The summed E-state index contributed by atoms with van der Waals surface area (Å²) in [7, 11) is 1.60. The molecule has 2 nitrogen and oxygen atoms in total. The van der Waals surface area contributed by atoms with Crippen molar-refractivity contribution in [1.29, 1.82) is 0 Å². The summed E-state index contributed by atoms with van der Waals surface area (Å²) >= 11 is 5.53. The van der Waals surface area contributed by atoms with Crippen molar-refractivity contribution in [1.82, 2.24) is 0 Å². The molecule has 76 valence electrons. The lowest BCUT2D eigenvalue weighted by atomic mass is 10.1. The number of benzene rings is 1. The topological polar surface area (TPSA) is 29.5 Å². The second-order valence-corrected chi connectivity index (χ2v) is 3.18. The Morgan fingerprint density at radius 2 is 2.29 bits per heavy atom. The average molecular weight is 213 g/mol. The van der Waals surface area contributed by atoms with Crippen molar-refractivity contribution in [3.8, 4) is 11.5 Å². The fourth-order valence-corrected chi connectivity index (χ4v) is 1.19. The highest BCUT2D eigenvalue weighted by atomic mass is 35.5. The summed E-state index contributed by atoms with van der Waals surface area (Å²) < 4.78 is 5.05. The Hall–Kier alpha value is -1.15. The number of aromatic hydroxyl groups is 1. The highest BCUT2D eigenvalue weighted by Gasteiger charge is 1.98. The standard InChI is InChI=1S/C11H13ClO2/c1-14-10-5-6-11(13)9(8-10)4-2-3-7-12/h2,4-6,8,13H,3,7H2,1H3. The van der Waals surface area contributed by atoms with Gasteiger partial charge in [-0.25, -0.2) is 0 Å². The summed E-state index contributed by atoms with van der Waals surface area (Å²) in [6, 6.07) is 5.10. The fraction of sp³-hybridized carbons (Fsp3) is 0.273. The van der Waals surface area contributed by atoms with Crippen LogP contribution in [0.3, 0.4) is 0 Å². The molecular weight excluding hydrogens is 200 g/mol. The minimum atomic E-state index is 0.247. The fourth-order valence-electron chi connectivity index (χ4n) is 1.07. The van der Waals surface area contributed by atoms with Crippen LogP contribution in [0.15, 0.2) is 24.3 Å². The minimum absolute atomic E-state index is 0.247. The molecule has 0 bridgehead atoms. The summed E-state index contributed by atoms with van der Waals surface area (Å²) in [5.74, 6) is 1.56. The quantitative estimate of drug-likeness (QED) is 0.778. The number of phenols is 1. The molecule has 0 spiro atoms. The molecule has 1 rings (SSSR count). The van der Waals surface area contributed by atoms with Gasteiger partial charge >= 0.3 is 0 Å². The first-order valence-corrected chi connectivity index (χ1v) is 4.91. The molecule has 1 aromatic carbocycles. The molecule has 0 aliphatic heterocycles. The van der Waals surface area contributed by atoms with Gasteiger partial charge in [0.2, 0.25) is 0 Å². The van der Waals surface area contributed by atoms with Crippen molar-refractivity contribution in [2.45, 2.75) is 6.42 Å². The molecule has 0 atom stereocenters. The molecule has 0 aliphatic carbocycles. The summed E-state index contributed by atoms with van der Waals surface area (Å²) in [5, 5.41) is 9.49. The van der Waals surface area contributed by atoms with E-state index >= 15 is 0 Å². The monoisotopic (exact) mass is 212 g/mol. The van der Waals surface area contributed by atoms with E-state index in [9.17, 15) is 5.11 Å². The van der Waals surface area contributed by atoms with Crippen molar-refractivity contribution in [3.05, 3.63) is 29.8 Å². The maximum Gasteiger partial charge on any atom is 0.123 e. The highest BCUT2D eigenvalue weighted by Crippen LogP contribution is 2.23. The third kappa shape index (κ3) is 2.96. The van der Waals surface area contributed by atoms with Gasteiger partial charge in [-0.1, -0.05) is 12.2 Å². The van der Waals surface area contributed by atoms with Gasteiger partial charge < -0.3 is 9.84 Å². The summed E-state index contributed by atoms with van der Waals surface area (Å²) in [6.45, 7) is 0. The van der Waals surface area contributed by atoms with Gasteiger partial charge in [-0.05, 0) is 24.6 Å². The van der Waals surface area contributed by atoms with E-state index in [0.717, 1.165) is 17.7 Å². The van der Waals surface area contributed by atoms with Crippen molar-refractivity contribution in [2.24, 2.45) is 0 Å². The van der Waals surface area contributed by atoms with Gasteiger partial charge in [0, 0.05) is 11.4 Å². The second-order valence-electron chi connectivity index (χ2n) is 2.80. The van der Waals surface area contributed by atoms with Crippen molar-refractivity contribution < 1.29 is 9.84 Å². The maximum absolute atomic E-state index is 9.49. The Kier molecular flexibility index (Phi) is 4.33. The van der Waals surface area contributed by atoms with Crippen LogP contribution in [0.2, 0.25) is 0 Å². The predicted molar refractivity (Wildman–Crippen MR) is 59.0 cm³/mol. The Morgan fingerprint density at radius 3 is 2.93 bits per heavy atom. The molecule has 3 heteroatoms. The van der Waals surface area contributed by atoms with Crippen LogP contribution in [-0.2, 0) is 0 Å². The van der Waals surface area contributed by atoms with Gasteiger partial charge in [0.25, 0.3) is 0 Å². The van der Waals surface area contributed by atoms with Crippen molar-refractivity contribution >= 4 is 17.7 Å². The SMILES string of the molecule is COc1ccc(O)c(C=CCCCl)c1. The van der Waals surface area contributed by atoms with Gasteiger partial charge in [-0.15, -0.1) is 11.6 Å². The van der Waals surface area contributed by atoms with Crippen LogP contribution in [0.5, 0.6) is 11.5 Å². The Balaban J connectivity index is 2.83. The number of alkyl halides is 1. The molecule has 14 heavy (non-hydrogen) atoms. The van der Waals surface area contributed by atoms with Crippen LogP contribution in [0.4, 0.5) is 0 Å². The molecule has 0 unspecified atom stereocenters. The molecule has 0 fully saturated rings. The number of halogens is 1. The largest absolute Gasteiger partial charge is 0.507 e. The Labute approximate surface area is 88.8 Å². The third-order valence-electron chi connectivity index (χ3n) is 1.81. The van der Waals surface area contributed by atoms with E-state index in [2.05, 4.69) is 0 Å². The van der Waals surface area contributed by atoms with E-state index in [4.69, 9.17) is 16.3 Å². The zero-order valence-electron chi connectivity index (χ0n) is 8.03. The number of allylic oxidation sites excluding steroid dienone is 1. The van der Waals surface area contributed by atoms with E-state index in [1.165, 1.54) is 0 Å². The molecule has 0 aliphatic rings. The predicted octanol–water partition coefficient (Wildman–Crippen LogP) is 3.04. The first-order chi connectivity index (χ1) is 6.77. The number of hydrogen-bond acceptors (Lipinski definition) is 2. The summed E-state index contributed by atoms with van der Waals surface area (Å²) in [6.07, 6.45) is 4.54. The summed E-state index contributed by atoms with van der Waals surface area (Å²) in [5.41, 5.74) is 0.745. The smallest absolute Gasteiger partial charge is 0.123 e. The Morgan fingerprint density at radius 1 is 1.50 bits per heavy atom. The highest BCUT2D eigenvalue weighted by molar-refractivity contribution is 6.17. The van der Waals surface area contributed by atoms with Crippen LogP contribution >= 0.6 is 11.6 Å². The number of hydrogen-bond donors (Lipinski definition) is 1.